The van der Waals surface area contributed by atoms with E-state index in [9.17, 15) is 0 Å². The standard InChI is InChI=1S/C15H16N2.ClH/c1-2-10-16-15-11-6-3-4-8-13(11)17-14-9-5-7-12(14)15;/h2-4,6,8H,1,5,7,9-10H2,(H,16,17);1H. The van der Waals surface area contributed by atoms with E-state index >= 15 is 0 Å². The molecule has 1 heterocycles. The van der Waals surface area contributed by atoms with Gasteiger partial charge in [0.2, 0.25) is 0 Å². The van der Waals surface area contributed by atoms with Crippen LogP contribution in [0.1, 0.15) is 17.7 Å². The zero-order valence-corrected chi connectivity index (χ0v) is 11.1. The maximum Gasteiger partial charge on any atom is 0.0726 e. The number of anilines is 1. The first-order valence-electron chi connectivity index (χ1n) is 6.15. The summed E-state index contributed by atoms with van der Waals surface area (Å²) in [6.07, 6.45) is 5.38. The smallest absolute Gasteiger partial charge is 0.0726 e. The summed E-state index contributed by atoms with van der Waals surface area (Å²) < 4.78 is 0. The maximum absolute atomic E-state index is 4.76. The Balaban J connectivity index is 0.00000120. The Labute approximate surface area is 114 Å². The monoisotopic (exact) mass is 260 g/mol. The van der Waals surface area contributed by atoms with Crippen molar-refractivity contribution in [3.8, 4) is 0 Å². The third kappa shape index (κ3) is 2.08. The fourth-order valence-corrected chi connectivity index (χ4v) is 2.59. The molecule has 1 aliphatic rings. The van der Waals surface area contributed by atoms with Gasteiger partial charge in [0.05, 0.1) is 5.52 Å². The lowest BCUT2D eigenvalue weighted by Crippen LogP contribution is -2.04. The van der Waals surface area contributed by atoms with Crippen LogP contribution in [0.4, 0.5) is 5.69 Å². The summed E-state index contributed by atoms with van der Waals surface area (Å²) in [6.45, 7) is 4.58. The molecule has 0 radical (unpaired) electrons. The number of nitrogens with zero attached hydrogens (tertiary/aromatic N) is 1. The van der Waals surface area contributed by atoms with Crippen LogP contribution in [0.3, 0.4) is 0 Å². The van der Waals surface area contributed by atoms with Crippen molar-refractivity contribution in [3.63, 3.8) is 0 Å². The predicted molar refractivity (Wildman–Crippen MR) is 79.7 cm³/mol. The summed E-state index contributed by atoms with van der Waals surface area (Å²) in [4.78, 5) is 4.76. The second-order valence-electron chi connectivity index (χ2n) is 4.45. The van der Waals surface area contributed by atoms with Gasteiger partial charge in [-0.15, -0.1) is 19.0 Å². The number of halogens is 1. The predicted octanol–water partition coefficient (Wildman–Crippen LogP) is 3.74. The summed E-state index contributed by atoms with van der Waals surface area (Å²) in [7, 11) is 0. The Bertz CT molecular complexity index is 578. The molecule has 94 valence electrons. The fourth-order valence-electron chi connectivity index (χ4n) is 2.59. The Hall–Kier alpha value is -1.54. The van der Waals surface area contributed by atoms with Crippen LogP contribution in [0.25, 0.3) is 10.9 Å². The van der Waals surface area contributed by atoms with Crippen LogP contribution in [-0.2, 0) is 12.8 Å². The molecule has 3 rings (SSSR count). The first-order valence-corrected chi connectivity index (χ1v) is 6.15. The normalized spacial score (nSPS) is 12.9. The number of aryl methyl sites for hydroxylation is 1. The summed E-state index contributed by atoms with van der Waals surface area (Å²) in [6, 6.07) is 8.36. The molecule has 0 fully saturated rings. The van der Waals surface area contributed by atoms with Crippen molar-refractivity contribution in [1.29, 1.82) is 0 Å². The molecule has 0 unspecified atom stereocenters. The zero-order valence-electron chi connectivity index (χ0n) is 10.3. The lowest BCUT2D eigenvalue weighted by Gasteiger charge is -2.13. The zero-order chi connectivity index (χ0) is 11.7. The van der Waals surface area contributed by atoms with Crippen LogP contribution in [0.15, 0.2) is 36.9 Å². The molecule has 0 saturated heterocycles. The molecule has 2 nitrogen and oxygen atoms in total. The highest BCUT2D eigenvalue weighted by molar-refractivity contribution is 5.93. The quantitative estimate of drug-likeness (QED) is 0.851. The molecular weight excluding hydrogens is 244 g/mol. The number of fused-ring (bicyclic) bond motifs is 2. The third-order valence-electron chi connectivity index (χ3n) is 3.34. The van der Waals surface area contributed by atoms with Gasteiger partial charge in [-0.05, 0) is 30.9 Å². The molecule has 0 atom stereocenters. The van der Waals surface area contributed by atoms with Gasteiger partial charge in [-0.25, -0.2) is 0 Å². The average molecular weight is 261 g/mol. The number of nitrogens with one attached hydrogen (secondary N) is 1. The van der Waals surface area contributed by atoms with Crippen LogP contribution >= 0.6 is 12.4 Å². The van der Waals surface area contributed by atoms with Crippen molar-refractivity contribution in [3.05, 3.63) is 48.2 Å². The second kappa shape index (κ2) is 5.40. The van der Waals surface area contributed by atoms with Gasteiger partial charge in [0.1, 0.15) is 0 Å². The molecule has 1 aromatic heterocycles. The molecule has 0 amide bonds. The van der Waals surface area contributed by atoms with Gasteiger partial charge < -0.3 is 5.32 Å². The van der Waals surface area contributed by atoms with Crippen LogP contribution in [-0.4, -0.2) is 11.5 Å². The Kier molecular flexibility index (Phi) is 3.87. The molecule has 0 saturated carbocycles. The van der Waals surface area contributed by atoms with Gasteiger partial charge in [-0.1, -0.05) is 24.3 Å². The van der Waals surface area contributed by atoms with E-state index in [2.05, 4.69) is 30.1 Å². The van der Waals surface area contributed by atoms with E-state index in [1.807, 2.05) is 12.1 Å². The molecule has 0 aliphatic heterocycles. The van der Waals surface area contributed by atoms with Crippen molar-refractivity contribution >= 4 is 29.0 Å². The molecule has 1 aliphatic carbocycles. The SMILES string of the molecule is C=CCNc1c2c(nc3ccccc13)CCC2.Cl. The van der Waals surface area contributed by atoms with Crippen molar-refractivity contribution in [2.24, 2.45) is 0 Å². The third-order valence-corrected chi connectivity index (χ3v) is 3.34. The maximum atomic E-state index is 4.76. The molecule has 0 bridgehead atoms. The second-order valence-corrected chi connectivity index (χ2v) is 4.45. The number of rotatable bonds is 3. The van der Waals surface area contributed by atoms with E-state index in [1.165, 1.54) is 28.8 Å². The van der Waals surface area contributed by atoms with E-state index in [-0.39, 0.29) is 12.4 Å². The van der Waals surface area contributed by atoms with Gasteiger partial charge >= 0.3 is 0 Å². The highest BCUT2D eigenvalue weighted by Gasteiger charge is 2.18. The lowest BCUT2D eigenvalue weighted by molar-refractivity contribution is 0.901. The van der Waals surface area contributed by atoms with E-state index in [0.717, 1.165) is 24.9 Å². The summed E-state index contributed by atoms with van der Waals surface area (Å²) in [5.41, 5.74) is 5.04. The minimum Gasteiger partial charge on any atom is -0.381 e. The van der Waals surface area contributed by atoms with E-state index in [4.69, 9.17) is 4.98 Å². The first-order chi connectivity index (χ1) is 8.40. The molecule has 18 heavy (non-hydrogen) atoms. The number of hydrogen-bond donors (Lipinski definition) is 1. The molecule has 0 spiro atoms. The minimum atomic E-state index is 0. The molecule has 1 N–H and O–H groups in total. The van der Waals surface area contributed by atoms with Gasteiger partial charge in [0.15, 0.2) is 0 Å². The van der Waals surface area contributed by atoms with Crippen molar-refractivity contribution < 1.29 is 0 Å². The summed E-state index contributed by atoms with van der Waals surface area (Å²) in [5, 5.41) is 4.71. The fraction of sp³-hybridized carbons (Fsp3) is 0.267. The molecule has 2 aromatic rings. The number of para-hydroxylation sites is 1. The topological polar surface area (TPSA) is 24.9 Å². The number of benzene rings is 1. The van der Waals surface area contributed by atoms with Gasteiger partial charge in [-0.2, -0.15) is 0 Å². The Morgan fingerprint density at radius 1 is 1.28 bits per heavy atom. The highest BCUT2D eigenvalue weighted by atomic mass is 35.5. The number of pyridine rings is 1. The Morgan fingerprint density at radius 3 is 2.94 bits per heavy atom. The van der Waals surface area contributed by atoms with Crippen molar-refractivity contribution in [1.82, 2.24) is 4.98 Å². The van der Waals surface area contributed by atoms with Gasteiger partial charge in [-0.3, -0.25) is 4.98 Å². The lowest BCUT2D eigenvalue weighted by atomic mass is 10.1. The van der Waals surface area contributed by atoms with E-state index in [0.29, 0.717) is 0 Å². The van der Waals surface area contributed by atoms with Crippen LogP contribution in [0, 0.1) is 0 Å². The largest absolute Gasteiger partial charge is 0.381 e. The highest BCUT2D eigenvalue weighted by Crippen LogP contribution is 2.33. The van der Waals surface area contributed by atoms with Gasteiger partial charge in [0, 0.05) is 23.3 Å². The van der Waals surface area contributed by atoms with Crippen LogP contribution < -0.4 is 5.32 Å². The van der Waals surface area contributed by atoms with Crippen molar-refractivity contribution in [2.75, 3.05) is 11.9 Å². The molecule has 3 heteroatoms. The molecule has 1 aromatic carbocycles. The van der Waals surface area contributed by atoms with Crippen molar-refractivity contribution in [2.45, 2.75) is 19.3 Å². The summed E-state index contributed by atoms with van der Waals surface area (Å²) >= 11 is 0. The summed E-state index contributed by atoms with van der Waals surface area (Å²) in [5.74, 6) is 0. The van der Waals surface area contributed by atoms with E-state index < -0.39 is 0 Å². The van der Waals surface area contributed by atoms with Gasteiger partial charge in [0.25, 0.3) is 0 Å². The van der Waals surface area contributed by atoms with Crippen LogP contribution in [0.2, 0.25) is 0 Å². The van der Waals surface area contributed by atoms with Crippen LogP contribution in [0.5, 0.6) is 0 Å². The molecular formula is C15H17ClN2. The Morgan fingerprint density at radius 2 is 2.11 bits per heavy atom. The average Bonchev–Trinajstić information content (AvgIpc) is 2.82. The number of hydrogen-bond acceptors (Lipinski definition) is 2. The van der Waals surface area contributed by atoms with E-state index in [1.54, 1.807) is 0 Å². The number of aromatic nitrogens is 1. The minimum absolute atomic E-state index is 0. The first kappa shape index (κ1) is 12.9.